The lowest BCUT2D eigenvalue weighted by Gasteiger charge is -2.15. The monoisotopic (exact) mass is 450 g/mol. The molecule has 0 fully saturated rings. The first-order valence-electron chi connectivity index (χ1n) is 8.62. The molecule has 2 aromatic carbocycles. The largest absolute Gasteiger partial charge is 0.489 e. The molecule has 5 nitrogen and oxygen atoms in total. The Kier molecular flexibility index (Phi) is 6.63. The molecule has 0 unspecified atom stereocenters. The van der Waals surface area contributed by atoms with E-state index in [2.05, 4.69) is 38.5 Å². The topological polar surface area (TPSA) is 54.9 Å². The number of rotatable bonds is 8. The van der Waals surface area contributed by atoms with Gasteiger partial charge in [-0.3, -0.25) is 5.10 Å². The highest BCUT2D eigenvalue weighted by Gasteiger charge is 2.09. The van der Waals surface area contributed by atoms with Crippen LogP contribution in [0.1, 0.15) is 30.3 Å². The summed E-state index contributed by atoms with van der Waals surface area (Å²) in [7, 11) is 0. The number of ether oxygens (including phenoxy) is 1. The first-order chi connectivity index (χ1) is 13.1. The number of nitrogens with one attached hydrogen (secondary N) is 2. The minimum absolute atomic E-state index is 0.257. The van der Waals surface area contributed by atoms with Gasteiger partial charge in [0.1, 0.15) is 18.2 Å². The van der Waals surface area contributed by atoms with Crippen LogP contribution in [0.15, 0.2) is 46.9 Å². The molecule has 1 heterocycles. The zero-order chi connectivity index (χ0) is 19.2. The Morgan fingerprint density at radius 3 is 2.78 bits per heavy atom. The Balaban J connectivity index is 1.73. The summed E-state index contributed by atoms with van der Waals surface area (Å²) in [4.78, 5) is 0. The maximum absolute atomic E-state index is 13.0. The van der Waals surface area contributed by atoms with E-state index >= 15 is 0 Å². The minimum atomic E-state index is -0.257. The number of aromatic amines is 1. The lowest BCUT2D eigenvalue weighted by molar-refractivity contribution is 0.303. The van der Waals surface area contributed by atoms with Gasteiger partial charge in [-0.05, 0) is 54.5 Å². The van der Waals surface area contributed by atoms with Gasteiger partial charge in [0.05, 0.1) is 6.54 Å². The van der Waals surface area contributed by atoms with Crippen molar-refractivity contribution < 1.29 is 9.13 Å². The average Bonchev–Trinajstić information content (AvgIpc) is 3.00. The van der Waals surface area contributed by atoms with Gasteiger partial charge in [0.2, 0.25) is 4.77 Å². The van der Waals surface area contributed by atoms with Crippen molar-refractivity contribution >= 4 is 28.1 Å². The summed E-state index contributed by atoms with van der Waals surface area (Å²) in [6.07, 6.45) is 1.80. The van der Waals surface area contributed by atoms with Crippen LogP contribution in [0.3, 0.4) is 0 Å². The Hall–Kier alpha value is -2.19. The molecule has 0 atom stereocenters. The highest BCUT2D eigenvalue weighted by Crippen LogP contribution is 2.24. The van der Waals surface area contributed by atoms with Crippen molar-refractivity contribution in [2.24, 2.45) is 0 Å². The van der Waals surface area contributed by atoms with E-state index in [1.807, 2.05) is 18.2 Å². The molecule has 0 aliphatic carbocycles. The molecule has 0 amide bonds. The molecule has 142 valence electrons. The summed E-state index contributed by atoms with van der Waals surface area (Å²) >= 11 is 8.80. The van der Waals surface area contributed by atoms with Gasteiger partial charge in [-0.25, -0.2) is 9.07 Å². The van der Waals surface area contributed by atoms with Crippen molar-refractivity contribution in [3.05, 3.63) is 74.5 Å². The summed E-state index contributed by atoms with van der Waals surface area (Å²) in [5.41, 5.74) is 5.18. The maximum atomic E-state index is 13.0. The number of halogens is 2. The molecule has 0 bridgehead atoms. The highest BCUT2D eigenvalue weighted by molar-refractivity contribution is 9.10. The fraction of sp³-hybridized carbons (Fsp3) is 0.263. The van der Waals surface area contributed by atoms with E-state index in [1.165, 1.54) is 12.1 Å². The SMILES string of the molecule is CCCc1n[nH]c(=S)n1NCc1cc(Br)ccc1OCc1ccc(F)cc1. The van der Waals surface area contributed by atoms with Crippen LogP contribution >= 0.6 is 28.1 Å². The maximum Gasteiger partial charge on any atom is 0.214 e. The van der Waals surface area contributed by atoms with Crippen LogP contribution < -0.4 is 10.2 Å². The number of aromatic nitrogens is 3. The average molecular weight is 451 g/mol. The molecule has 3 rings (SSSR count). The Morgan fingerprint density at radius 2 is 2.04 bits per heavy atom. The number of aryl methyl sites for hydroxylation is 1. The minimum Gasteiger partial charge on any atom is -0.489 e. The van der Waals surface area contributed by atoms with Crippen LogP contribution in [0.5, 0.6) is 5.75 Å². The number of benzene rings is 2. The Labute approximate surface area is 170 Å². The first-order valence-corrected chi connectivity index (χ1v) is 9.82. The molecule has 27 heavy (non-hydrogen) atoms. The fourth-order valence-corrected chi connectivity index (χ4v) is 3.24. The summed E-state index contributed by atoms with van der Waals surface area (Å²) in [6.45, 7) is 2.97. The van der Waals surface area contributed by atoms with E-state index in [1.54, 1.807) is 16.8 Å². The van der Waals surface area contributed by atoms with Crippen LogP contribution in [0.25, 0.3) is 0 Å². The normalized spacial score (nSPS) is 10.8. The molecule has 1 aromatic heterocycles. The van der Waals surface area contributed by atoms with E-state index in [9.17, 15) is 4.39 Å². The van der Waals surface area contributed by atoms with E-state index in [-0.39, 0.29) is 5.82 Å². The molecule has 0 aliphatic rings. The zero-order valence-electron chi connectivity index (χ0n) is 14.8. The van der Waals surface area contributed by atoms with Crippen molar-refractivity contribution in [3.63, 3.8) is 0 Å². The molecule has 0 saturated carbocycles. The van der Waals surface area contributed by atoms with Gasteiger partial charge in [0, 0.05) is 16.5 Å². The number of hydrogen-bond acceptors (Lipinski definition) is 4. The lowest BCUT2D eigenvalue weighted by Crippen LogP contribution is -2.18. The predicted octanol–water partition coefficient (Wildman–Crippen LogP) is 5.12. The summed E-state index contributed by atoms with van der Waals surface area (Å²) < 4.78 is 22.3. The van der Waals surface area contributed by atoms with Gasteiger partial charge in [-0.15, -0.1) is 0 Å². The van der Waals surface area contributed by atoms with Crippen molar-refractivity contribution in [3.8, 4) is 5.75 Å². The van der Waals surface area contributed by atoms with E-state index in [4.69, 9.17) is 17.0 Å². The molecular weight excluding hydrogens is 431 g/mol. The number of hydrogen-bond donors (Lipinski definition) is 2. The van der Waals surface area contributed by atoms with Crippen LogP contribution in [0.4, 0.5) is 4.39 Å². The smallest absolute Gasteiger partial charge is 0.214 e. The Morgan fingerprint density at radius 1 is 1.26 bits per heavy atom. The van der Waals surface area contributed by atoms with E-state index in [0.29, 0.717) is 17.9 Å². The van der Waals surface area contributed by atoms with Gasteiger partial charge in [-0.1, -0.05) is 35.0 Å². The van der Waals surface area contributed by atoms with E-state index in [0.717, 1.165) is 40.0 Å². The molecule has 8 heteroatoms. The Bertz CT molecular complexity index is 955. The highest BCUT2D eigenvalue weighted by atomic mass is 79.9. The molecule has 2 N–H and O–H groups in total. The third-order valence-corrected chi connectivity index (χ3v) is 4.74. The third-order valence-electron chi connectivity index (χ3n) is 3.97. The zero-order valence-corrected chi connectivity index (χ0v) is 17.2. The van der Waals surface area contributed by atoms with Crippen molar-refractivity contribution in [1.82, 2.24) is 14.9 Å². The molecule has 0 radical (unpaired) electrons. The fourth-order valence-electron chi connectivity index (χ4n) is 2.62. The number of nitrogens with zero attached hydrogens (tertiary/aromatic N) is 2. The lowest BCUT2D eigenvalue weighted by atomic mass is 10.2. The van der Waals surface area contributed by atoms with Crippen LogP contribution in [0, 0.1) is 10.6 Å². The predicted molar refractivity (Wildman–Crippen MR) is 109 cm³/mol. The summed E-state index contributed by atoms with van der Waals surface area (Å²) in [5.74, 6) is 1.36. The molecule has 0 saturated heterocycles. The molecular formula is C19H20BrFN4OS. The van der Waals surface area contributed by atoms with Crippen LogP contribution in [0.2, 0.25) is 0 Å². The first kappa shape index (κ1) is 19.6. The number of H-pyrrole nitrogens is 1. The van der Waals surface area contributed by atoms with Crippen LogP contribution in [-0.2, 0) is 19.6 Å². The quantitative estimate of drug-likeness (QED) is 0.467. The second kappa shape index (κ2) is 9.14. The summed E-state index contributed by atoms with van der Waals surface area (Å²) in [5, 5.41) is 7.07. The van der Waals surface area contributed by atoms with Gasteiger partial charge < -0.3 is 10.2 Å². The molecule has 0 aliphatic heterocycles. The van der Waals surface area contributed by atoms with E-state index < -0.39 is 0 Å². The van der Waals surface area contributed by atoms with Gasteiger partial charge >= 0.3 is 0 Å². The third kappa shape index (κ3) is 5.17. The standard InChI is InChI=1S/C19H20BrFN4OS/c1-2-3-18-23-24-19(27)25(18)22-11-14-10-15(20)6-9-17(14)26-12-13-4-7-16(21)8-5-13/h4-10,22H,2-3,11-12H2,1H3,(H,24,27). The molecule has 0 spiro atoms. The second-order valence-electron chi connectivity index (χ2n) is 6.03. The van der Waals surface area contributed by atoms with Crippen molar-refractivity contribution in [2.45, 2.75) is 32.9 Å². The van der Waals surface area contributed by atoms with Gasteiger partial charge in [0.15, 0.2) is 5.82 Å². The van der Waals surface area contributed by atoms with Gasteiger partial charge in [0.25, 0.3) is 0 Å². The summed E-state index contributed by atoms with van der Waals surface area (Å²) in [6, 6.07) is 12.1. The van der Waals surface area contributed by atoms with Crippen molar-refractivity contribution in [1.29, 1.82) is 0 Å². The second-order valence-corrected chi connectivity index (χ2v) is 7.33. The van der Waals surface area contributed by atoms with Crippen molar-refractivity contribution in [2.75, 3.05) is 5.43 Å². The van der Waals surface area contributed by atoms with Crippen LogP contribution in [-0.4, -0.2) is 14.9 Å². The van der Waals surface area contributed by atoms with Gasteiger partial charge in [-0.2, -0.15) is 5.10 Å². The molecule has 3 aromatic rings.